The number of fused-ring (bicyclic) bond motifs is 1. The van der Waals surface area contributed by atoms with E-state index < -0.39 is 0 Å². The number of allylic oxidation sites excluding steroid dienone is 1. The zero-order valence-corrected chi connectivity index (χ0v) is 19.0. The topological polar surface area (TPSA) is 77.0 Å². The molecule has 3 N–H and O–H groups in total. The van der Waals surface area contributed by atoms with Crippen molar-refractivity contribution in [1.82, 2.24) is 9.97 Å². The molecule has 28 heavy (non-hydrogen) atoms. The molecule has 0 atom stereocenters. The monoisotopic (exact) mass is 385 g/mol. The third-order valence-corrected chi connectivity index (χ3v) is 3.64. The van der Waals surface area contributed by atoms with E-state index in [9.17, 15) is 0 Å². The van der Waals surface area contributed by atoms with Gasteiger partial charge in [0.1, 0.15) is 17.4 Å². The van der Waals surface area contributed by atoms with Crippen LogP contribution in [0.3, 0.4) is 0 Å². The van der Waals surface area contributed by atoms with Crippen molar-refractivity contribution < 1.29 is 4.42 Å². The van der Waals surface area contributed by atoms with Crippen LogP contribution >= 0.6 is 0 Å². The van der Waals surface area contributed by atoms with Gasteiger partial charge in [-0.1, -0.05) is 53.4 Å². The number of hydrogen-bond acceptors (Lipinski definition) is 5. The van der Waals surface area contributed by atoms with Gasteiger partial charge in [-0.3, -0.25) is 0 Å². The fourth-order valence-corrected chi connectivity index (χ4v) is 2.57. The number of aryl methyl sites for hydroxylation is 1. The molecule has 2 aromatic rings. The predicted octanol–water partition coefficient (Wildman–Crippen LogP) is 4.88. The second-order valence-electron chi connectivity index (χ2n) is 5.85. The van der Waals surface area contributed by atoms with Gasteiger partial charge in [-0.05, 0) is 50.0 Å². The highest BCUT2D eigenvalue weighted by Crippen LogP contribution is 2.25. The summed E-state index contributed by atoms with van der Waals surface area (Å²) in [4.78, 5) is 9.09. The van der Waals surface area contributed by atoms with Crippen molar-refractivity contribution in [2.75, 3.05) is 11.9 Å². The molecule has 2 aromatic heterocycles. The molecule has 5 nitrogen and oxygen atoms in total. The van der Waals surface area contributed by atoms with Crippen molar-refractivity contribution in [3.05, 3.63) is 41.1 Å². The lowest BCUT2D eigenvalue weighted by molar-refractivity contribution is 0.518. The maximum atomic E-state index is 5.68. The summed E-state index contributed by atoms with van der Waals surface area (Å²) in [6, 6.07) is 3.82. The Bertz CT molecular complexity index is 697. The molecule has 6 heteroatoms. The van der Waals surface area contributed by atoms with Gasteiger partial charge in [0, 0.05) is 0 Å². The van der Waals surface area contributed by atoms with Crippen LogP contribution < -0.4 is 16.5 Å². The van der Waals surface area contributed by atoms with Crippen molar-refractivity contribution in [1.29, 1.82) is 0 Å². The standard InChI is InChI=1S/C15H18BN4O.C3H8.2C2H6/c1-9-12(5-6-17)16-13-14(9)19-10(2)20-15(13)18-8-11-4-3-7-21-11;1-3-2;2*1-2/h3-4,7H,5-6,8,17H2,1-2H3,(H,18,19,20);3H2,1-2H3;2*1-2H3. The van der Waals surface area contributed by atoms with Gasteiger partial charge in [0.15, 0.2) is 7.28 Å². The van der Waals surface area contributed by atoms with Gasteiger partial charge in [-0.15, -0.1) is 0 Å². The summed E-state index contributed by atoms with van der Waals surface area (Å²) in [6.45, 7) is 17.5. The molecule has 1 aliphatic rings. The lowest BCUT2D eigenvalue weighted by Crippen LogP contribution is -2.24. The smallest absolute Gasteiger partial charge is 0.194 e. The van der Waals surface area contributed by atoms with Gasteiger partial charge >= 0.3 is 0 Å². The number of hydrogen-bond donors (Lipinski definition) is 2. The van der Waals surface area contributed by atoms with Crippen LogP contribution in [0, 0.1) is 6.92 Å². The van der Waals surface area contributed by atoms with Crippen LogP contribution in [-0.4, -0.2) is 23.8 Å². The molecule has 155 valence electrons. The van der Waals surface area contributed by atoms with Crippen molar-refractivity contribution in [2.24, 2.45) is 5.73 Å². The van der Waals surface area contributed by atoms with E-state index in [0.29, 0.717) is 13.1 Å². The Morgan fingerprint density at radius 2 is 1.75 bits per heavy atom. The summed E-state index contributed by atoms with van der Waals surface area (Å²) in [5.41, 5.74) is 10.2. The second kappa shape index (κ2) is 14.9. The molecule has 1 radical (unpaired) electrons. The summed E-state index contributed by atoms with van der Waals surface area (Å²) < 4.78 is 5.34. The first-order valence-electron chi connectivity index (χ1n) is 10.5. The first-order chi connectivity index (χ1) is 13.6. The van der Waals surface area contributed by atoms with E-state index in [1.165, 1.54) is 17.5 Å². The molecule has 0 bridgehead atoms. The van der Waals surface area contributed by atoms with Gasteiger partial charge in [0.05, 0.1) is 18.5 Å². The fraction of sp³-hybridized carbons (Fsp3) is 0.545. The Labute approximate surface area is 172 Å². The molecule has 0 saturated carbocycles. The van der Waals surface area contributed by atoms with Crippen molar-refractivity contribution in [3.63, 3.8) is 0 Å². The molecule has 0 amide bonds. The number of furan rings is 1. The maximum Gasteiger partial charge on any atom is 0.194 e. The first kappa shape index (κ1) is 25.9. The van der Waals surface area contributed by atoms with Gasteiger partial charge in [-0.2, -0.15) is 0 Å². The summed E-state index contributed by atoms with van der Waals surface area (Å²) in [6.07, 6.45) is 3.78. The highest BCUT2D eigenvalue weighted by Gasteiger charge is 2.24. The largest absolute Gasteiger partial charge is 0.467 e. The summed E-state index contributed by atoms with van der Waals surface area (Å²) in [7, 11) is 2.14. The quantitative estimate of drug-likeness (QED) is 0.717. The number of nitrogens with zero attached hydrogens (tertiary/aromatic N) is 2. The molecular formula is C22H38BN4O. The Balaban J connectivity index is 0.000000930. The van der Waals surface area contributed by atoms with E-state index in [0.717, 1.165) is 35.0 Å². The Hall–Kier alpha value is -2.08. The molecule has 0 saturated heterocycles. The lowest BCUT2D eigenvalue weighted by atomic mass is 9.65. The summed E-state index contributed by atoms with van der Waals surface area (Å²) in [5.74, 6) is 2.49. The Kier molecular flexibility index (Phi) is 13.8. The number of rotatable bonds is 5. The maximum absolute atomic E-state index is 5.68. The molecule has 1 aliphatic heterocycles. The van der Waals surface area contributed by atoms with Gasteiger partial charge in [0.25, 0.3) is 0 Å². The minimum absolute atomic E-state index is 0.606. The van der Waals surface area contributed by atoms with E-state index in [-0.39, 0.29) is 0 Å². The number of nitrogens with two attached hydrogens (primary N) is 1. The van der Waals surface area contributed by atoms with Gasteiger partial charge in [0.2, 0.25) is 0 Å². The number of anilines is 1. The molecule has 0 spiro atoms. The third kappa shape index (κ3) is 7.51. The van der Waals surface area contributed by atoms with Crippen LogP contribution in [0.25, 0.3) is 5.57 Å². The van der Waals surface area contributed by atoms with Crippen molar-refractivity contribution in [3.8, 4) is 0 Å². The number of nitrogens with one attached hydrogen (secondary N) is 1. The first-order valence-corrected chi connectivity index (χ1v) is 10.5. The molecule has 0 unspecified atom stereocenters. The van der Waals surface area contributed by atoms with Crippen LogP contribution in [0.4, 0.5) is 5.82 Å². The molecule has 0 aromatic carbocycles. The van der Waals surface area contributed by atoms with Crippen LogP contribution in [0.2, 0.25) is 0 Å². The Morgan fingerprint density at radius 3 is 2.29 bits per heavy atom. The number of aromatic nitrogens is 2. The normalized spacial score (nSPS) is 11.0. The van der Waals surface area contributed by atoms with E-state index in [4.69, 9.17) is 10.2 Å². The van der Waals surface area contributed by atoms with Crippen LogP contribution in [0.15, 0.2) is 28.3 Å². The van der Waals surface area contributed by atoms with Crippen LogP contribution in [0.1, 0.15) is 78.6 Å². The van der Waals surface area contributed by atoms with E-state index >= 15 is 0 Å². The third-order valence-electron chi connectivity index (χ3n) is 3.64. The lowest BCUT2D eigenvalue weighted by Gasteiger charge is -2.11. The van der Waals surface area contributed by atoms with E-state index in [2.05, 4.69) is 43.3 Å². The van der Waals surface area contributed by atoms with Gasteiger partial charge in [-0.25, -0.2) is 9.97 Å². The predicted molar refractivity (Wildman–Crippen MR) is 123 cm³/mol. The van der Waals surface area contributed by atoms with Crippen molar-refractivity contribution in [2.45, 2.75) is 74.8 Å². The highest BCUT2D eigenvalue weighted by molar-refractivity contribution is 6.67. The van der Waals surface area contributed by atoms with Gasteiger partial charge < -0.3 is 15.5 Å². The molecular weight excluding hydrogens is 347 g/mol. The highest BCUT2D eigenvalue weighted by atomic mass is 16.3. The molecule has 0 fully saturated rings. The van der Waals surface area contributed by atoms with Crippen LogP contribution in [-0.2, 0) is 6.54 Å². The molecule has 3 rings (SSSR count). The van der Waals surface area contributed by atoms with E-state index in [1.807, 2.05) is 46.8 Å². The minimum Gasteiger partial charge on any atom is -0.467 e. The zero-order valence-electron chi connectivity index (χ0n) is 19.0. The second-order valence-corrected chi connectivity index (χ2v) is 5.85. The Morgan fingerprint density at radius 1 is 1.11 bits per heavy atom. The zero-order chi connectivity index (χ0) is 21.5. The average molecular weight is 385 g/mol. The fourth-order valence-electron chi connectivity index (χ4n) is 2.57. The van der Waals surface area contributed by atoms with E-state index in [1.54, 1.807) is 6.26 Å². The SMILES string of the molecule is CC.CC.CC1=C(CCN)[B]c2c(NCc3ccco3)nc(C)nc21.CCC. The molecule has 3 heterocycles. The summed E-state index contributed by atoms with van der Waals surface area (Å²) >= 11 is 0. The van der Waals surface area contributed by atoms with Crippen molar-refractivity contribution >= 4 is 24.1 Å². The average Bonchev–Trinajstić information content (AvgIpc) is 3.34. The molecule has 0 aliphatic carbocycles. The minimum atomic E-state index is 0.606. The summed E-state index contributed by atoms with van der Waals surface area (Å²) in [5, 5.41) is 3.34. The van der Waals surface area contributed by atoms with Crippen LogP contribution in [0.5, 0.6) is 0 Å².